The van der Waals surface area contributed by atoms with Crippen LogP contribution in [-0.4, -0.2) is 32.7 Å². The maximum atomic E-state index is 13.0. The molecule has 2 aromatic carbocycles. The maximum absolute atomic E-state index is 13.0. The number of carbonyl (C=O) groups excluding carboxylic acids is 1. The van der Waals surface area contributed by atoms with Gasteiger partial charge in [0, 0.05) is 11.5 Å². The Morgan fingerprint density at radius 2 is 1.75 bits per heavy atom. The molecule has 6 nitrogen and oxygen atoms in total. The molecule has 0 N–H and O–H groups in total. The Balaban J connectivity index is 1.91. The predicted octanol–water partition coefficient (Wildman–Crippen LogP) is 6.30. The van der Waals surface area contributed by atoms with Crippen molar-refractivity contribution in [2.45, 2.75) is 65.3 Å². The van der Waals surface area contributed by atoms with Crippen molar-refractivity contribution in [1.29, 1.82) is 0 Å². The Bertz CT molecular complexity index is 1300. The Kier molecular flexibility index (Phi) is 6.68. The van der Waals surface area contributed by atoms with E-state index in [9.17, 15) is 18.0 Å². The molecule has 36 heavy (non-hydrogen) atoms. The van der Waals surface area contributed by atoms with Gasteiger partial charge in [-0.3, -0.25) is 9.36 Å². The summed E-state index contributed by atoms with van der Waals surface area (Å²) in [5.74, 6) is -0.231. The smallest absolute Gasteiger partial charge is 0.460 e. The molecule has 9 heteroatoms. The summed E-state index contributed by atoms with van der Waals surface area (Å²) in [6.45, 7) is 9.17. The topological polar surface area (TPSA) is 66.2 Å². The summed E-state index contributed by atoms with van der Waals surface area (Å²) in [6, 6.07) is 12.0. The van der Waals surface area contributed by atoms with Crippen LogP contribution in [0.4, 0.5) is 13.2 Å². The van der Waals surface area contributed by atoms with Crippen LogP contribution in [0.3, 0.4) is 0 Å². The Morgan fingerprint density at radius 3 is 2.36 bits per heavy atom. The number of hydrogen-bond donors (Lipinski definition) is 0. The summed E-state index contributed by atoms with van der Waals surface area (Å²) in [6.07, 6.45) is -2.14. The fraction of sp³-hybridized carbons (Fsp3) is 0.370. The average Bonchev–Trinajstić information content (AvgIpc) is 3.09. The highest BCUT2D eigenvalue weighted by atomic mass is 19.4. The first-order valence-electron chi connectivity index (χ1n) is 11.7. The number of benzene rings is 2. The van der Waals surface area contributed by atoms with Crippen molar-refractivity contribution in [2.24, 2.45) is 0 Å². The largest absolute Gasteiger partial charge is 0.573 e. The van der Waals surface area contributed by atoms with E-state index in [-0.39, 0.29) is 12.2 Å². The minimum absolute atomic E-state index is 0.00809. The van der Waals surface area contributed by atoms with Crippen LogP contribution in [0.5, 0.6) is 5.75 Å². The molecule has 0 aliphatic carbocycles. The lowest BCUT2D eigenvalue weighted by Gasteiger charge is -2.21. The number of halogens is 3. The Labute approximate surface area is 207 Å². The van der Waals surface area contributed by atoms with E-state index in [4.69, 9.17) is 4.74 Å². The molecule has 1 aliphatic rings. The lowest BCUT2D eigenvalue weighted by Crippen LogP contribution is -2.25. The van der Waals surface area contributed by atoms with Gasteiger partial charge in [-0.25, -0.2) is 0 Å². The number of aromatic nitrogens is 3. The molecule has 190 valence electrons. The Morgan fingerprint density at radius 1 is 1.06 bits per heavy atom. The zero-order valence-corrected chi connectivity index (χ0v) is 20.8. The van der Waals surface area contributed by atoms with E-state index in [0.717, 1.165) is 17.5 Å². The predicted molar refractivity (Wildman–Crippen MR) is 129 cm³/mol. The first-order chi connectivity index (χ1) is 16.8. The molecule has 1 atom stereocenters. The fourth-order valence-electron chi connectivity index (χ4n) is 4.29. The van der Waals surface area contributed by atoms with Crippen LogP contribution in [0.15, 0.2) is 48.5 Å². The molecule has 1 aliphatic heterocycles. The van der Waals surface area contributed by atoms with Gasteiger partial charge in [0.25, 0.3) is 0 Å². The molecule has 0 spiro atoms. The van der Waals surface area contributed by atoms with Gasteiger partial charge in [-0.1, -0.05) is 37.3 Å². The van der Waals surface area contributed by atoms with E-state index in [0.29, 0.717) is 28.5 Å². The van der Waals surface area contributed by atoms with Crippen LogP contribution >= 0.6 is 0 Å². The van der Waals surface area contributed by atoms with Gasteiger partial charge >= 0.3 is 12.3 Å². The normalized spacial score (nSPS) is 15.4. The molecular weight excluding hydrogens is 471 g/mol. The van der Waals surface area contributed by atoms with Crippen molar-refractivity contribution in [3.05, 3.63) is 76.9 Å². The van der Waals surface area contributed by atoms with Crippen LogP contribution in [0.1, 0.15) is 68.4 Å². The molecule has 0 saturated heterocycles. The highest BCUT2D eigenvalue weighted by molar-refractivity contribution is 5.86. The first-order valence-corrected chi connectivity index (χ1v) is 11.7. The summed E-state index contributed by atoms with van der Waals surface area (Å²) >= 11 is 0. The zero-order chi connectivity index (χ0) is 26.3. The highest BCUT2D eigenvalue weighted by Crippen LogP contribution is 2.40. The van der Waals surface area contributed by atoms with Crippen molar-refractivity contribution in [3.63, 3.8) is 0 Å². The monoisotopic (exact) mass is 499 g/mol. The number of allylic oxidation sites excluding steroid dienone is 1. The van der Waals surface area contributed by atoms with Gasteiger partial charge in [-0.05, 0) is 69.0 Å². The van der Waals surface area contributed by atoms with Crippen molar-refractivity contribution in [1.82, 2.24) is 14.8 Å². The number of rotatable bonds is 5. The van der Waals surface area contributed by atoms with E-state index in [1.807, 2.05) is 37.3 Å². The number of fused-ring (bicyclic) bond motifs is 3. The molecule has 0 amide bonds. The average molecular weight is 500 g/mol. The lowest BCUT2D eigenvalue weighted by atomic mass is 9.92. The summed E-state index contributed by atoms with van der Waals surface area (Å²) in [5, 5.41) is 8.53. The van der Waals surface area contributed by atoms with E-state index >= 15 is 0 Å². The van der Waals surface area contributed by atoms with Gasteiger partial charge in [0.15, 0.2) is 0 Å². The number of alkyl halides is 3. The van der Waals surface area contributed by atoms with E-state index in [2.05, 4.69) is 14.9 Å². The van der Waals surface area contributed by atoms with Gasteiger partial charge in [0.05, 0.1) is 12.1 Å². The summed E-state index contributed by atoms with van der Waals surface area (Å²) in [7, 11) is 0. The van der Waals surface area contributed by atoms with E-state index < -0.39 is 23.9 Å². The maximum Gasteiger partial charge on any atom is 0.573 e. The third kappa shape index (κ3) is 5.61. The molecule has 0 saturated carbocycles. The molecule has 3 aromatic rings. The third-order valence-corrected chi connectivity index (χ3v) is 5.76. The molecule has 2 heterocycles. The number of aryl methyl sites for hydroxylation is 2. The van der Waals surface area contributed by atoms with Gasteiger partial charge < -0.3 is 9.47 Å². The molecule has 0 fully saturated rings. The second-order valence-electron chi connectivity index (χ2n) is 9.70. The molecule has 4 rings (SSSR count). The molecular formula is C27H28F3N3O3. The second-order valence-corrected chi connectivity index (χ2v) is 9.70. The van der Waals surface area contributed by atoms with Crippen LogP contribution in [0.25, 0.3) is 11.3 Å². The summed E-state index contributed by atoms with van der Waals surface area (Å²) < 4.78 is 50.7. The van der Waals surface area contributed by atoms with E-state index in [1.165, 1.54) is 12.1 Å². The number of ether oxygens (including phenoxy) is 2. The van der Waals surface area contributed by atoms with Crippen molar-refractivity contribution in [2.75, 3.05) is 0 Å². The second kappa shape index (κ2) is 9.44. The fourth-order valence-corrected chi connectivity index (χ4v) is 4.29. The minimum Gasteiger partial charge on any atom is -0.460 e. The lowest BCUT2D eigenvalue weighted by molar-refractivity contribution is -0.274. The molecule has 1 unspecified atom stereocenters. The third-order valence-electron chi connectivity index (χ3n) is 5.76. The van der Waals surface area contributed by atoms with Crippen LogP contribution in [0, 0.1) is 6.92 Å². The summed E-state index contributed by atoms with van der Waals surface area (Å²) in [4.78, 5) is 12.8. The van der Waals surface area contributed by atoms with Gasteiger partial charge in [-0.2, -0.15) is 0 Å². The molecule has 0 bridgehead atoms. The SMILES string of the molecule is CCc1ccc(C2=CC(CC(=O)OC(C)(C)C)c3nnc(C)n3-c3ccc(OC(F)(F)F)cc32)cc1. The van der Waals surface area contributed by atoms with Crippen molar-refractivity contribution >= 4 is 11.5 Å². The quantitative estimate of drug-likeness (QED) is 0.386. The number of hydrogen-bond acceptors (Lipinski definition) is 5. The van der Waals surface area contributed by atoms with Crippen LogP contribution in [-0.2, 0) is 16.0 Å². The van der Waals surface area contributed by atoms with Crippen molar-refractivity contribution in [3.8, 4) is 11.4 Å². The number of nitrogens with zero attached hydrogens (tertiary/aromatic N) is 3. The zero-order valence-electron chi connectivity index (χ0n) is 20.8. The summed E-state index contributed by atoms with van der Waals surface area (Å²) in [5.41, 5.74) is 3.03. The molecule has 1 aromatic heterocycles. The number of carbonyl (C=O) groups is 1. The van der Waals surface area contributed by atoms with Crippen LogP contribution in [0.2, 0.25) is 0 Å². The van der Waals surface area contributed by atoms with Crippen LogP contribution < -0.4 is 4.74 Å². The van der Waals surface area contributed by atoms with Gasteiger partial charge in [0.2, 0.25) is 0 Å². The molecule has 0 radical (unpaired) electrons. The van der Waals surface area contributed by atoms with Gasteiger partial charge in [0.1, 0.15) is 23.0 Å². The Hall–Kier alpha value is -3.62. The van der Waals surface area contributed by atoms with Gasteiger partial charge in [-0.15, -0.1) is 23.4 Å². The first kappa shape index (κ1) is 25.5. The standard InChI is InChI=1S/C27H28F3N3O3/c1-6-17-7-9-18(10-8-17)21-13-19(14-24(34)36-26(3,4)5)25-32-31-16(2)33(25)23-12-11-20(15-22(21)23)35-27(28,29)30/h7-13,15,19H,6,14H2,1-5H3. The van der Waals surface area contributed by atoms with Crippen molar-refractivity contribution < 1.29 is 27.4 Å². The number of esters is 1. The van der Waals surface area contributed by atoms with E-state index in [1.54, 1.807) is 38.3 Å². The highest BCUT2D eigenvalue weighted by Gasteiger charge is 2.33. The minimum atomic E-state index is -4.83.